The minimum absolute atomic E-state index is 0.0147. The maximum atomic E-state index is 10.7. The van der Waals surface area contributed by atoms with Crippen molar-refractivity contribution in [1.82, 2.24) is 10.3 Å². The minimum Gasteiger partial charge on any atom is -0.466 e. The molecule has 0 bridgehead atoms. The molecule has 2 aromatic carbocycles. The highest BCUT2D eigenvalue weighted by molar-refractivity contribution is 5.82. The molecule has 0 aliphatic carbocycles. The van der Waals surface area contributed by atoms with Crippen LogP contribution in [0.5, 0.6) is 0 Å². The van der Waals surface area contributed by atoms with Crippen molar-refractivity contribution in [3.05, 3.63) is 76.6 Å². The molecule has 0 aliphatic rings. The first-order valence-corrected chi connectivity index (χ1v) is 11.9. The summed E-state index contributed by atoms with van der Waals surface area (Å²) in [5.74, 6) is -0.178. The molecule has 3 aromatic rings. The predicted octanol–water partition coefficient (Wildman–Crippen LogP) is 6.78. The number of esters is 1. The summed E-state index contributed by atoms with van der Waals surface area (Å²) in [6.07, 6.45) is 2.82. The first kappa shape index (κ1) is 30.8. The fraction of sp³-hybridized carbons (Fsp3) is 0.414. The number of aryl methyl sites for hydroxylation is 3. The number of amides is 1. The van der Waals surface area contributed by atoms with Crippen LogP contribution in [-0.2, 0) is 20.9 Å². The molecule has 34 heavy (non-hydrogen) atoms. The van der Waals surface area contributed by atoms with Crippen LogP contribution in [0.15, 0.2) is 48.7 Å². The number of ether oxygens (including phenoxy) is 1. The Balaban J connectivity index is 0.000000483. The van der Waals surface area contributed by atoms with Gasteiger partial charge in [0.05, 0.1) is 6.61 Å². The van der Waals surface area contributed by atoms with Crippen molar-refractivity contribution in [2.24, 2.45) is 0 Å². The molecule has 0 saturated carbocycles. The molecule has 0 radical (unpaired) electrons. The van der Waals surface area contributed by atoms with E-state index in [9.17, 15) is 9.59 Å². The average molecular weight is 467 g/mol. The standard InChI is InChI=1S/C11H15NO.C11H11N.C5H10O2.C2H6/c1-8-5-4-6-11(9(8)2)7-12-10(3)13;1-8-3-4-10-7-12-9(2)6-11(10)5-8;1-3-4-7-5(2)6;1-2/h4-6H,7H2,1-3H3,(H,12,13);3-7H,1-2H3;3-4H2,1-2H3;1-2H3. The maximum absolute atomic E-state index is 10.7. The number of nitrogens with one attached hydrogen (secondary N) is 1. The molecule has 0 saturated heterocycles. The number of hydrogen-bond donors (Lipinski definition) is 1. The van der Waals surface area contributed by atoms with Gasteiger partial charge in [0.1, 0.15) is 0 Å². The van der Waals surface area contributed by atoms with Gasteiger partial charge in [-0.25, -0.2) is 0 Å². The molecule has 3 rings (SSSR count). The van der Waals surface area contributed by atoms with Crippen LogP contribution in [0.4, 0.5) is 0 Å². The second-order valence-electron chi connectivity index (χ2n) is 7.79. The third-order valence-electron chi connectivity index (χ3n) is 4.77. The highest BCUT2D eigenvalue weighted by Gasteiger charge is 2.00. The Hall–Kier alpha value is -3.21. The third-order valence-corrected chi connectivity index (χ3v) is 4.77. The van der Waals surface area contributed by atoms with Crippen LogP contribution in [0.1, 0.15) is 69.0 Å². The van der Waals surface area contributed by atoms with Crippen molar-refractivity contribution in [2.75, 3.05) is 6.61 Å². The van der Waals surface area contributed by atoms with Gasteiger partial charge in [-0.1, -0.05) is 62.7 Å². The summed E-state index contributed by atoms with van der Waals surface area (Å²) < 4.78 is 4.55. The van der Waals surface area contributed by atoms with Gasteiger partial charge in [0.2, 0.25) is 5.91 Å². The minimum atomic E-state index is -0.193. The lowest BCUT2D eigenvalue weighted by Crippen LogP contribution is -2.19. The number of nitrogens with zero attached hydrogens (tertiary/aromatic N) is 1. The second-order valence-corrected chi connectivity index (χ2v) is 7.79. The molecule has 1 aromatic heterocycles. The molecule has 5 nitrogen and oxygen atoms in total. The van der Waals surface area contributed by atoms with E-state index in [1.165, 1.54) is 46.9 Å². The predicted molar refractivity (Wildman–Crippen MR) is 143 cm³/mol. The molecular formula is C29H42N2O3. The number of hydrogen-bond acceptors (Lipinski definition) is 4. The van der Waals surface area contributed by atoms with Gasteiger partial charge in [-0.2, -0.15) is 0 Å². The van der Waals surface area contributed by atoms with Crippen LogP contribution in [0.3, 0.4) is 0 Å². The highest BCUT2D eigenvalue weighted by atomic mass is 16.5. The second kappa shape index (κ2) is 17.3. The molecular weight excluding hydrogens is 424 g/mol. The van der Waals surface area contributed by atoms with E-state index in [1.54, 1.807) is 0 Å². The summed E-state index contributed by atoms with van der Waals surface area (Å²) in [4.78, 5) is 24.9. The van der Waals surface area contributed by atoms with Crippen molar-refractivity contribution < 1.29 is 14.3 Å². The third kappa shape index (κ3) is 12.7. The summed E-state index contributed by atoms with van der Waals surface area (Å²) >= 11 is 0. The Morgan fingerprint density at radius 1 is 0.941 bits per heavy atom. The number of carbonyl (C=O) groups excluding carboxylic acids is 2. The van der Waals surface area contributed by atoms with Gasteiger partial charge in [0.25, 0.3) is 0 Å². The van der Waals surface area contributed by atoms with Crippen LogP contribution < -0.4 is 5.32 Å². The quantitative estimate of drug-likeness (QED) is 0.431. The van der Waals surface area contributed by atoms with Crippen molar-refractivity contribution in [2.45, 2.75) is 75.3 Å². The zero-order chi connectivity index (χ0) is 26.1. The summed E-state index contributed by atoms with van der Waals surface area (Å²) in [6.45, 7) is 18.4. The zero-order valence-corrected chi connectivity index (χ0v) is 22.4. The Bertz CT molecular complexity index is 992. The van der Waals surface area contributed by atoms with E-state index in [-0.39, 0.29) is 11.9 Å². The van der Waals surface area contributed by atoms with E-state index in [1.807, 2.05) is 46.0 Å². The fourth-order valence-electron chi connectivity index (χ4n) is 2.84. The van der Waals surface area contributed by atoms with Gasteiger partial charge in [-0.05, 0) is 62.3 Å². The van der Waals surface area contributed by atoms with Crippen LogP contribution in [0.25, 0.3) is 10.8 Å². The first-order chi connectivity index (χ1) is 16.1. The van der Waals surface area contributed by atoms with Crippen LogP contribution in [0, 0.1) is 27.7 Å². The maximum Gasteiger partial charge on any atom is 0.302 e. The van der Waals surface area contributed by atoms with Gasteiger partial charge < -0.3 is 10.1 Å². The Kier molecular flexibility index (Phi) is 15.7. The number of benzene rings is 2. The summed E-state index contributed by atoms with van der Waals surface area (Å²) in [5, 5.41) is 5.29. The van der Waals surface area contributed by atoms with Crippen molar-refractivity contribution in [3.8, 4) is 0 Å². The van der Waals surface area contributed by atoms with Gasteiger partial charge in [-0.3, -0.25) is 14.6 Å². The molecule has 1 heterocycles. The van der Waals surface area contributed by atoms with Crippen LogP contribution in [-0.4, -0.2) is 23.5 Å². The molecule has 5 heteroatoms. The fourth-order valence-corrected chi connectivity index (χ4v) is 2.84. The molecule has 0 spiro atoms. The van der Waals surface area contributed by atoms with Crippen LogP contribution >= 0.6 is 0 Å². The van der Waals surface area contributed by atoms with Crippen molar-refractivity contribution >= 4 is 22.6 Å². The number of rotatable bonds is 4. The summed E-state index contributed by atoms with van der Waals surface area (Å²) in [7, 11) is 0. The molecule has 0 aliphatic heterocycles. The van der Waals surface area contributed by atoms with E-state index < -0.39 is 0 Å². The normalized spacial score (nSPS) is 9.32. The Morgan fingerprint density at radius 2 is 1.62 bits per heavy atom. The lowest BCUT2D eigenvalue weighted by molar-refractivity contribution is -0.140. The number of pyridine rings is 1. The Morgan fingerprint density at radius 3 is 2.18 bits per heavy atom. The van der Waals surface area contributed by atoms with E-state index in [4.69, 9.17) is 0 Å². The van der Waals surface area contributed by atoms with E-state index >= 15 is 0 Å². The number of carbonyl (C=O) groups is 2. The number of fused-ring (bicyclic) bond motifs is 1. The van der Waals surface area contributed by atoms with Crippen LogP contribution in [0.2, 0.25) is 0 Å². The smallest absolute Gasteiger partial charge is 0.302 e. The summed E-state index contributed by atoms with van der Waals surface area (Å²) in [6, 6.07) is 14.6. The van der Waals surface area contributed by atoms with Gasteiger partial charge in [-0.15, -0.1) is 0 Å². The molecule has 1 amide bonds. The Labute approximate surface area is 206 Å². The average Bonchev–Trinajstić information content (AvgIpc) is 2.80. The lowest BCUT2D eigenvalue weighted by atomic mass is 10.0. The van der Waals surface area contributed by atoms with Gasteiger partial charge >= 0.3 is 5.97 Å². The molecule has 1 N–H and O–H groups in total. The SMILES string of the molecule is CC.CC(=O)NCc1cccc(C)c1C.CCCOC(C)=O.Cc1ccc2cnc(C)cc2c1. The molecule has 0 atom stereocenters. The van der Waals surface area contributed by atoms with E-state index in [0.29, 0.717) is 13.2 Å². The van der Waals surface area contributed by atoms with Crippen molar-refractivity contribution in [3.63, 3.8) is 0 Å². The van der Waals surface area contributed by atoms with E-state index in [2.05, 4.69) is 66.1 Å². The van der Waals surface area contributed by atoms with Gasteiger partial charge in [0.15, 0.2) is 0 Å². The molecule has 0 unspecified atom stereocenters. The number of aromatic nitrogens is 1. The molecule has 0 fully saturated rings. The van der Waals surface area contributed by atoms with Crippen molar-refractivity contribution in [1.29, 1.82) is 0 Å². The van der Waals surface area contributed by atoms with E-state index in [0.717, 1.165) is 12.1 Å². The first-order valence-electron chi connectivity index (χ1n) is 11.9. The molecule has 186 valence electrons. The zero-order valence-electron chi connectivity index (χ0n) is 22.4. The monoisotopic (exact) mass is 466 g/mol. The largest absolute Gasteiger partial charge is 0.466 e. The topological polar surface area (TPSA) is 68.3 Å². The summed E-state index contributed by atoms with van der Waals surface area (Å²) in [5.41, 5.74) is 6.09. The highest BCUT2D eigenvalue weighted by Crippen LogP contribution is 2.15. The van der Waals surface area contributed by atoms with Gasteiger partial charge in [0, 0.05) is 37.7 Å². The lowest BCUT2D eigenvalue weighted by Gasteiger charge is -2.08.